The zero-order chi connectivity index (χ0) is 16.2. The third-order valence-corrected chi connectivity index (χ3v) is 4.08. The highest BCUT2D eigenvalue weighted by molar-refractivity contribution is 5.87. The van der Waals surface area contributed by atoms with Crippen LogP contribution in [0.25, 0.3) is 10.9 Å². The third kappa shape index (κ3) is 3.43. The first-order valence-corrected chi connectivity index (χ1v) is 7.77. The maximum absolute atomic E-state index is 11.5. The Labute approximate surface area is 134 Å². The summed E-state index contributed by atoms with van der Waals surface area (Å²) in [6.07, 6.45) is 0.956. The highest BCUT2D eigenvalue weighted by Crippen LogP contribution is 2.28. The van der Waals surface area contributed by atoms with Crippen LogP contribution in [0.1, 0.15) is 24.1 Å². The third-order valence-electron chi connectivity index (χ3n) is 4.08. The van der Waals surface area contributed by atoms with E-state index < -0.39 is 0 Å². The second-order valence-electron chi connectivity index (χ2n) is 5.70. The first kappa shape index (κ1) is 15.3. The van der Waals surface area contributed by atoms with Crippen molar-refractivity contribution in [2.75, 3.05) is 6.54 Å². The SMILES string of the molecule is CC(NCCc1ccccc1)c1ccc(O)c2[nH]c(=O)ccc12. The summed E-state index contributed by atoms with van der Waals surface area (Å²) in [5.41, 5.74) is 2.63. The number of phenols is 1. The van der Waals surface area contributed by atoms with Gasteiger partial charge in [0.1, 0.15) is 5.75 Å². The van der Waals surface area contributed by atoms with Crippen molar-refractivity contribution in [3.8, 4) is 5.75 Å². The van der Waals surface area contributed by atoms with Crippen LogP contribution in [0.15, 0.2) is 59.4 Å². The molecule has 0 aliphatic carbocycles. The molecule has 0 fully saturated rings. The molecule has 0 amide bonds. The molecule has 1 aromatic heterocycles. The van der Waals surface area contributed by atoms with Gasteiger partial charge in [-0.2, -0.15) is 0 Å². The van der Waals surface area contributed by atoms with E-state index in [0.29, 0.717) is 5.52 Å². The number of benzene rings is 2. The number of nitrogens with one attached hydrogen (secondary N) is 2. The molecular formula is C19H20N2O2. The van der Waals surface area contributed by atoms with E-state index >= 15 is 0 Å². The average molecular weight is 308 g/mol. The van der Waals surface area contributed by atoms with Crippen LogP contribution in [-0.2, 0) is 6.42 Å². The van der Waals surface area contributed by atoms with Crippen molar-refractivity contribution in [3.63, 3.8) is 0 Å². The highest BCUT2D eigenvalue weighted by Gasteiger charge is 2.11. The Morgan fingerprint density at radius 3 is 2.65 bits per heavy atom. The molecule has 1 unspecified atom stereocenters. The molecule has 3 rings (SSSR count). The summed E-state index contributed by atoms with van der Waals surface area (Å²) < 4.78 is 0. The number of rotatable bonds is 5. The molecule has 4 nitrogen and oxygen atoms in total. The van der Waals surface area contributed by atoms with Crippen molar-refractivity contribution in [3.05, 3.63) is 76.1 Å². The number of aromatic hydroxyl groups is 1. The molecule has 0 spiro atoms. The fourth-order valence-corrected chi connectivity index (χ4v) is 2.82. The average Bonchev–Trinajstić information content (AvgIpc) is 2.56. The lowest BCUT2D eigenvalue weighted by Gasteiger charge is -2.17. The Bertz CT molecular complexity index is 856. The smallest absolute Gasteiger partial charge is 0.248 e. The predicted octanol–water partition coefficient (Wildman–Crippen LogP) is 3.13. The molecule has 0 aliphatic rings. The monoisotopic (exact) mass is 308 g/mol. The summed E-state index contributed by atoms with van der Waals surface area (Å²) in [7, 11) is 0. The Morgan fingerprint density at radius 1 is 1.09 bits per heavy atom. The van der Waals surface area contributed by atoms with Gasteiger partial charge in [0.25, 0.3) is 0 Å². The molecular weight excluding hydrogens is 288 g/mol. The van der Waals surface area contributed by atoms with Gasteiger partial charge in [-0.25, -0.2) is 0 Å². The molecule has 2 aromatic carbocycles. The minimum Gasteiger partial charge on any atom is -0.506 e. The lowest BCUT2D eigenvalue weighted by molar-refractivity contribution is 0.479. The molecule has 1 heterocycles. The van der Waals surface area contributed by atoms with Crippen molar-refractivity contribution >= 4 is 10.9 Å². The molecule has 0 saturated carbocycles. The van der Waals surface area contributed by atoms with Crippen LogP contribution in [0.2, 0.25) is 0 Å². The summed E-state index contributed by atoms with van der Waals surface area (Å²) >= 11 is 0. The Balaban J connectivity index is 1.77. The molecule has 3 aromatic rings. The van der Waals surface area contributed by atoms with E-state index in [4.69, 9.17) is 0 Å². The van der Waals surface area contributed by atoms with Crippen LogP contribution in [0.5, 0.6) is 5.75 Å². The van der Waals surface area contributed by atoms with Gasteiger partial charge in [0, 0.05) is 17.5 Å². The standard InChI is InChI=1S/C19H20N2O2/c1-13(20-12-11-14-5-3-2-4-6-14)15-7-9-17(22)19-16(15)8-10-18(23)21-19/h2-10,13,20,22H,11-12H2,1H3,(H,21,23). The molecule has 3 N–H and O–H groups in total. The molecule has 0 saturated heterocycles. The molecule has 0 radical (unpaired) electrons. The lowest BCUT2D eigenvalue weighted by atomic mass is 10.0. The number of hydrogen-bond acceptors (Lipinski definition) is 3. The van der Waals surface area contributed by atoms with E-state index in [1.54, 1.807) is 12.1 Å². The summed E-state index contributed by atoms with van der Waals surface area (Å²) in [4.78, 5) is 14.2. The summed E-state index contributed by atoms with van der Waals surface area (Å²) in [6.45, 7) is 2.94. The number of H-pyrrole nitrogens is 1. The van der Waals surface area contributed by atoms with Gasteiger partial charge >= 0.3 is 0 Å². The van der Waals surface area contributed by atoms with Crippen molar-refractivity contribution < 1.29 is 5.11 Å². The highest BCUT2D eigenvalue weighted by atomic mass is 16.3. The Morgan fingerprint density at radius 2 is 1.87 bits per heavy atom. The first-order valence-electron chi connectivity index (χ1n) is 7.77. The van der Waals surface area contributed by atoms with Crippen molar-refractivity contribution in [2.45, 2.75) is 19.4 Å². The fourth-order valence-electron chi connectivity index (χ4n) is 2.82. The molecule has 0 aliphatic heterocycles. The van der Waals surface area contributed by atoms with Crippen LogP contribution in [0.3, 0.4) is 0 Å². The van der Waals surface area contributed by atoms with Crippen molar-refractivity contribution in [1.29, 1.82) is 0 Å². The van der Waals surface area contributed by atoms with Crippen LogP contribution in [0.4, 0.5) is 0 Å². The molecule has 4 heteroatoms. The second kappa shape index (κ2) is 6.67. The van der Waals surface area contributed by atoms with E-state index in [1.165, 1.54) is 11.6 Å². The van der Waals surface area contributed by atoms with Gasteiger partial charge in [-0.15, -0.1) is 0 Å². The Hall–Kier alpha value is -2.59. The largest absolute Gasteiger partial charge is 0.506 e. The van der Waals surface area contributed by atoms with E-state index in [-0.39, 0.29) is 17.4 Å². The van der Waals surface area contributed by atoms with E-state index in [0.717, 1.165) is 23.9 Å². The van der Waals surface area contributed by atoms with E-state index in [2.05, 4.69) is 29.4 Å². The van der Waals surface area contributed by atoms with Crippen LogP contribution < -0.4 is 10.9 Å². The topological polar surface area (TPSA) is 65.1 Å². The van der Waals surface area contributed by atoms with Gasteiger partial charge in [0.15, 0.2) is 0 Å². The number of fused-ring (bicyclic) bond motifs is 1. The van der Waals surface area contributed by atoms with Gasteiger partial charge in [-0.3, -0.25) is 4.79 Å². The number of pyridine rings is 1. The molecule has 0 bridgehead atoms. The molecule has 1 atom stereocenters. The zero-order valence-electron chi connectivity index (χ0n) is 13.0. The zero-order valence-corrected chi connectivity index (χ0v) is 13.0. The normalized spacial score (nSPS) is 12.4. The quantitative estimate of drug-likeness (QED) is 0.678. The van der Waals surface area contributed by atoms with Gasteiger partial charge < -0.3 is 15.4 Å². The number of aromatic nitrogens is 1. The van der Waals surface area contributed by atoms with Gasteiger partial charge in [0.2, 0.25) is 5.56 Å². The van der Waals surface area contributed by atoms with Crippen molar-refractivity contribution in [2.24, 2.45) is 0 Å². The predicted molar refractivity (Wildman–Crippen MR) is 92.8 cm³/mol. The van der Waals surface area contributed by atoms with E-state index in [9.17, 15) is 9.90 Å². The second-order valence-corrected chi connectivity index (χ2v) is 5.70. The fraction of sp³-hybridized carbons (Fsp3) is 0.211. The van der Waals surface area contributed by atoms with Gasteiger partial charge in [-0.05, 0) is 43.1 Å². The number of phenolic OH excluding ortho intramolecular Hbond substituents is 1. The Kier molecular flexibility index (Phi) is 4.44. The van der Waals surface area contributed by atoms with Crippen LogP contribution in [0, 0.1) is 0 Å². The van der Waals surface area contributed by atoms with E-state index in [1.807, 2.05) is 24.3 Å². The molecule has 23 heavy (non-hydrogen) atoms. The van der Waals surface area contributed by atoms with Crippen LogP contribution >= 0.6 is 0 Å². The van der Waals surface area contributed by atoms with Gasteiger partial charge in [0.05, 0.1) is 5.52 Å². The maximum atomic E-state index is 11.5. The first-order chi connectivity index (χ1) is 11.1. The number of hydrogen-bond donors (Lipinski definition) is 3. The van der Waals surface area contributed by atoms with Gasteiger partial charge in [-0.1, -0.05) is 36.4 Å². The summed E-state index contributed by atoms with van der Waals surface area (Å²) in [5.74, 6) is 0.0953. The summed E-state index contributed by atoms with van der Waals surface area (Å²) in [6, 6.07) is 17.2. The summed E-state index contributed by atoms with van der Waals surface area (Å²) in [5, 5.41) is 14.3. The van der Waals surface area contributed by atoms with Crippen LogP contribution in [-0.4, -0.2) is 16.6 Å². The number of aromatic amines is 1. The molecule has 118 valence electrons. The minimum atomic E-state index is -0.213. The maximum Gasteiger partial charge on any atom is 0.248 e. The van der Waals surface area contributed by atoms with Crippen molar-refractivity contribution in [1.82, 2.24) is 10.3 Å². The lowest BCUT2D eigenvalue weighted by Crippen LogP contribution is -2.21. The minimum absolute atomic E-state index is 0.0953.